The molecule has 1 aliphatic rings. The van der Waals surface area contributed by atoms with Gasteiger partial charge in [0.25, 0.3) is 0 Å². The van der Waals surface area contributed by atoms with Crippen LogP contribution in [0.2, 0.25) is 0 Å². The molecular weight excluding hydrogens is 203 g/mol. The number of piperidine rings is 1. The molecule has 0 spiro atoms. The van der Waals surface area contributed by atoms with Crippen molar-refractivity contribution in [1.29, 1.82) is 0 Å². The minimum Gasteiger partial charge on any atom is -0.368 e. The van der Waals surface area contributed by atoms with Crippen LogP contribution in [-0.2, 0) is 6.54 Å². The fourth-order valence-electron chi connectivity index (χ4n) is 2.39. The molecule has 1 aliphatic heterocycles. The van der Waals surface area contributed by atoms with Crippen LogP contribution in [0.1, 0.15) is 25.3 Å². The minimum absolute atomic E-state index is 0.476. The van der Waals surface area contributed by atoms with E-state index in [4.69, 9.17) is 5.73 Å². The Hall–Kier alpha value is -1.09. The highest BCUT2D eigenvalue weighted by atomic mass is 19.1. The van der Waals surface area contributed by atoms with Gasteiger partial charge >= 0.3 is 0 Å². The molecule has 2 nitrogen and oxygen atoms in total. The number of para-hydroxylation sites is 1. The van der Waals surface area contributed by atoms with Crippen LogP contribution >= 0.6 is 0 Å². The molecule has 88 valence electrons. The van der Waals surface area contributed by atoms with Crippen molar-refractivity contribution < 1.29 is 4.39 Å². The molecule has 0 amide bonds. The number of hydrogen-bond donors (Lipinski definition) is 1. The average Bonchev–Trinajstić information content (AvgIpc) is 2.27. The van der Waals surface area contributed by atoms with Crippen LogP contribution in [0.4, 0.5) is 10.1 Å². The monoisotopic (exact) mass is 222 g/mol. The summed E-state index contributed by atoms with van der Waals surface area (Å²) in [6.07, 6.45) is 1.57. The van der Waals surface area contributed by atoms with Crippen molar-refractivity contribution in [3.05, 3.63) is 29.8 Å². The topological polar surface area (TPSA) is 29.3 Å². The van der Waals surface area contributed by atoms with Crippen LogP contribution in [-0.4, -0.2) is 18.8 Å². The highest BCUT2D eigenvalue weighted by molar-refractivity contribution is 5.54. The van der Waals surface area contributed by atoms with E-state index in [1.165, 1.54) is 0 Å². The Labute approximate surface area is 96.2 Å². The largest absolute Gasteiger partial charge is 0.368 e. The molecule has 1 unspecified atom stereocenters. The highest BCUT2D eigenvalue weighted by Gasteiger charge is 2.31. The zero-order valence-electron chi connectivity index (χ0n) is 9.75. The summed E-state index contributed by atoms with van der Waals surface area (Å²) in [6, 6.07) is 8.01. The number of rotatable bonds is 2. The third-order valence-corrected chi connectivity index (χ3v) is 3.20. The fourth-order valence-corrected chi connectivity index (χ4v) is 2.39. The van der Waals surface area contributed by atoms with Gasteiger partial charge in [-0.1, -0.05) is 18.2 Å². The first-order valence-electron chi connectivity index (χ1n) is 5.84. The van der Waals surface area contributed by atoms with Gasteiger partial charge in [-0.15, -0.1) is 0 Å². The molecule has 0 aromatic heterocycles. The zero-order chi connectivity index (χ0) is 11.6. The maximum Gasteiger partial charge on any atom is 0.125 e. The molecular formula is C13H19FN2. The quantitative estimate of drug-likeness (QED) is 0.833. The Morgan fingerprint density at radius 2 is 2.19 bits per heavy atom. The molecule has 0 saturated carbocycles. The molecule has 0 bridgehead atoms. The van der Waals surface area contributed by atoms with E-state index in [0.717, 1.165) is 24.2 Å². The molecule has 1 atom stereocenters. The third kappa shape index (κ3) is 2.35. The number of alkyl halides is 1. The Morgan fingerprint density at radius 1 is 1.44 bits per heavy atom. The van der Waals surface area contributed by atoms with Crippen molar-refractivity contribution in [3.63, 3.8) is 0 Å². The number of nitrogens with zero attached hydrogens (tertiary/aromatic N) is 1. The number of hydrogen-bond acceptors (Lipinski definition) is 2. The van der Waals surface area contributed by atoms with Crippen LogP contribution in [0.5, 0.6) is 0 Å². The number of halogens is 1. The Kier molecular flexibility index (Phi) is 3.15. The Morgan fingerprint density at radius 3 is 2.88 bits per heavy atom. The third-order valence-electron chi connectivity index (χ3n) is 3.20. The van der Waals surface area contributed by atoms with E-state index in [-0.39, 0.29) is 0 Å². The van der Waals surface area contributed by atoms with Gasteiger partial charge in [0.1, 0.15) is 5.67 Å². The van der Waals surface area contributed by atoms with E-state index in [9.17, 15) is 4.39 Å². The van der Waals surface area contributed by atoms with Crippen LogP contribution in [0.3, 0.4) is 0 Å². The first-order chi connectivity index (χ1) is 7.62. The fraction of sp³-hybridized carbons (Fsp3) is 0.538. The molecule has 0 aliphatic carbocycles. The number of benzene rings is 1. The van der Waals surface area contributed by atoms with Gasteiger partial charge in [-0.2, -0.15) is 0 Å². The van der Waals surface area contributed by atoms with Crippen LogP contribution in [0.25, 0.3) is 0 Å². The van der Waals surface area contributed by atoms with Crippen molar-refractivity contribution >= 4 is 5.69 Å². The SMILES string of the molecule is CC1(F)CCCN(c2ccccc2CN)C1. The van der Waals surface area contributed by atoms with Crippen molar-refractivity contribution in [1.82, 2.24) is 0 Å². The minimum atomic E-state index is -1.07. The second kappa shape index (κ2) is 4.42. The average molecular weight is 222 g/mol. The summed E-state index contributed by atoms with van der Waals surface area (Å²) in [4.78, 5) is 2.12. The molecule has 1 heterocycles. The lowest BCUT2D eigenvalue weighted by atomic mass is 9.96. The van der Waals surface area contributed by atoms with Gasteiger partial charge in [-0.25, -0.2) is 4.39 Å². The van der Waals surface area contributed by atoms with Crippen LogP contribution < -0.4 is 10.6 Å². The summed E-state index contributed by atoms with van der Waals surface area (Å²) in [5.41, 5.74) is 6.82. The standard InChI is InChI=1S/C13H19FN2/c1-13(14)7-4-8-16(10-13)12-6-3-2-5-11(12)9-15/h2-3,5-6H,4,7-10,15H2,1H3. The molecule has 1 aromatic rings. The van der Waals surface area contributed by atoms with Gasteiger partial charge < -0.3 is 10.6 Å². The molecule has 1 aromatic carbocycles. The van der Waals surface area contributed by atoms with E-state index in [2.05, 4.69) is 4.90 Å². The molecule has 1 saturated heterocycles. The van der Waals surface area contributed by atoms with Crippen molar-refractivity contribution in [2.24, 2.45) is 5.73 Å². The zero-order valence-corrected chi connectivity index (χ0v) is 9.75. The molecule has 16 heavy (non-hydrogen) atoms. The number of nitrogens with two attached hydrogens (primary N) is 1. The Balaban J connectivity index is 2.23. The first-order valence-corrected chi connectivity index (χ1v) is 5.84. The van der Waals surface area contributed by atoms with Crippen molar-refractivity contribution in [2.45, 2.75) is 32.0 Å². The summed E-state index contributed by atoms with van der Waals surface area (Å²) >= 11 is 0. The molecule has 3 heteroatoms. The van der Waals surface area contributed by atoms with Gasteiger partial charge in [0, 0.05) is 18.8 Å². The van der Waals surface area contributed by atoms with E-state index in [0.29, 0.717) is 19.5 Å². The van der Waals surface area contributed by atoms with E-state index in [1.54, 1.807) is 6.92 Å². The summed E-state index contributed by atoms with van der Waals surface area (Å²) in [5, 5.41) is 0. The highest BCUT2D eigenvalue weighted by Crippen LogP contribution is 2.30. The van der Waals surface area contributed by atoms with E-state index >= 15 is 0 Å². The lowest BCUT2D eigenvalue weighted by molar-refractivity contribution is 0.160. The smallest absolute Gasteiger partial charge is 0.125 e. The first kappa shape index (κ1) is 11.4. The molecule has 1 fully saturated rings. The normalized spacial score (nSPS) is 25.8. The summed E-state index contributed by atoms with van der Waals surface area (Å²) in [6.45, 7) is 3.60. The maximum atomic E-state index is 14.0. The van der Waals surface area contributed by atoms with Crippen molar-refractivity contribution in [3.8, 4) is 0 Å². The lowest BCUT2D eigenvalue weighted by Crippen LogP contribution is -2.43. The van der Waals surface area contributed by atoms with Crippen molar-refractivity contribution in [2.75, 3.05) is 18.0 Å². The van der Waals surface area contributed by atoms with Gasteiger partial charge in [0.15, 0.2) is 0 Å². The molecule has 0 radical (unpaired) electrons. The summed E-state index contributed by atoms with van der Waals surface area (Å²) in [5.74, 6) is 0. The second-order valence-electron chi connectivity index (χ2n) is 4.77. The van der Waals surface area contributed by atoms with E-state index in [1.807, 2.05) is 24.3 Å². The van der Waals surface area contributed by atoms with Gasteiger partial charge in [0.2, 0.25) is 0 Å². The van der Waals surface area contributed by atoms with E-state index < -0.39 is 5.67 Å². The predicted molar refractivity (Wildman–Crippen MR) is 65.3 cm³/mol. The molecule has 2 rings (SSSR count). The number of anilines is 1. The van der Waals surface area contributed by atoms with Gasteiger partial charge in [0.05, 0.1) is 6.54 Å². The summed E-state index contributed by atoms with van der Waals surface area (Å²) in [7, 11) is 0. The van der Waals surface area contributed by atoms with Gasteiger partial charge in [-0.05, 0) is 31.4 Å². The summed E-state index contributed by atoms with van der Waals surface area (Å²) < 4.78 is 14.0. The van der Waals surface area contributed by atoms with Crippen LogP contribution in [0.15, 0.2) is 24.3 Å². The second-order valence-corrected chi connectivity index (χ2v) is 4.77. The molecule has 2 N–H and O–H groups in total. The van der Waals surface area contributed by atoms with Gasteiger partial charge in [-0.3, -0.25) is 0 Å². The Bertz CT molecular complexity index is 363. The van der Waals surface area contributed by atoms with Crippen LogP contribution in [0, 0.1) is 0 Å². The predicted octanol–water partition coefficient (Wildman–Crippen LogP) is 2.47. The lowest BCUT2D eigenvalue weighted by Gasteiger charge is -2.37. The maximum absolute atomic E-state index is 14.0.